The van der Waals surface area contributed by atoms with Crippen LogP contribution in [0.4, 0.5) is 21.6 Å². The molecule has 0 spiro atoms. The number of hydrogen-bond acceptors (Lipinski definition) is 7. The number of halogens is 1. The van der Waals surface area contributed by atoms with Crippen molar-refractivity contribution in [2.75, 3.05) is 43.1 Å². The van der Waals surface area contributed by atoms with Gasteiger partial charge in [-0.25, -0.2) is 14.4 Å². The SMILES string of the molecule is CCOc1cc(Nc2nc(-c3cc(F)c4cn[nH]c4c3)cn3ccnc23)ccc1N1CCOCC1. The molecule has 0 radical (unpaired) electrons. The molecule has 0 saturated carbocycles. The van der Waals surface area contributed by atoms with Crippen LogP contribution in [0.1, 0.15) is 6.92 Å². The van der Waals surface area contributed by atoms with Crippen molar-refractivity contribution in [2.45, 2.75) is 6.92 Å². The first-order chi connectivity index (χ1) is 17.2. The molecule has 178 valence electrons. The maximum absolute atomic E-state index is 14.6. The summed E-state index contributed by atoms with van der Waals surface area (Å²) in [5, 5.41) is 10.6. The maximum Gasteiger partial charge on any atom is 0.180 e. The molecule has 1 fully saturated rings. The van der Waals surface area contributed by atoms with Gasteiger partial charge in [-0.05, 0) is 31.2 Å². The molecule has 3 aromatic heterocycles. The van der Waals surface area contributed by atoms with E-state index in [0.29, 0.717) is 53.4 Å². The van der Waals surface area contributed by atoms with E-state index in [4.69, 9.17) is 14.5 Å². The molecule has 4 heterocycles. The van der Waals surface area contributed by atoms with E-state index >= 15 is 0 Å². The summed E-state index contributed by atoms with van der Waals surface area (Å²) < 4.78 is 27.9. The summed E-state index contributed by atoms with van der Waals surface area (Å²) in [5.74, 6) is 0.995. The van der Waals surface area contributed by atoms with E-state index < -0.39 is 0 Å². The largest absolute Gasteiger partial charge is 0.492 e. The zero-order valence-electron chi connectivity index (χ0n) is 19.2. The molecule has 2 aromatic carbocycles. The molecule has 9 nitrogen and oxygen atoms in total. The second-order valence-corrected chi connectivity index (χ2v) is 8.26. The van der Waals surface area contributed by atoms with Crippen LogP contribution in [0, 0.1) is 5.82 Å². The minimum Gasteiger partial charge on any atom is -0.492 e. The van der Waals surface area contributed by atoms with E-state index in [0.717, 1.165) is 30.2 Å². The molecule has 0 bridgehead atoms. The van der Waals surface area contributed by atoms with Crippen LogP contribution in [-0.2, 0) is 4.74 Å². The monoisotopic (exact) mass is 473 g/mol. The van der Waals surface area contributed by atoms with Crippen molar-refractivity contribution in [3.05, 3.63) is 60.9 Å². The summed E-state index contributed by atoms with van der Waals surface area (Å²) in [4.78, 5) is 11.5. The van der Waals surface area contributed by atoms with Gasteiger partial charge >= 0.3 is 0 Å². The molecule has 0 unspecified atom stereocenters. The first-order valence-corrected chi connectivity index (χ1v) is 11.5. The highest BCUT2D eigenvalue weighted by Gasteiger charge is 2.17. The van der Waals surface area contributed by atoms with Gasteiger partial charge in [0.25, 0.3) is 0 Å². The molecule has 10 heteroatoms. The lowest BCUT2D eigenvalue weighted by atomic mass is 10.1. The Bertz CT molecular complexity index is 1510. The number of aromatic nitrogens is 5. The van der Waals surface area contributed by atoms with Crippen molar-refractivity contribution < 1.29 is 13.9 Å². The summed E-state index contributed by atoms with van der Waals surface area (Å²) in [6.07, 6.45) is 6.85. The third-order valence-corrected chi connectivity index (χ3v) is 6.05. The summed E-state index contributed by atoms with van der Waals surface area (Å²) in [5.41, 5.74) is 4.36. The molecule has 0 aliphatic carbocycles. The fourth-order valence-electron chi connectivity index (χ4n) is 4.38. The van der Waals surface area contributed by atoms with Gasteiger partial charge in [-0.15, -0.1) is 0 Å². The number of fused-ring (bicyclic) bond motifs is 2. The van der Waals surface area contributed by atoms with Gasteiger partial charge in [0, 0.05) is 49.0 Å². The lowest BCUT2D eigenvalue weighted by Crippen LogP contribution is -2.36. The van der Waals surface area contributed by atoms with Crippen molar-refractivity contribution in [3.8, 4) is 17.0 Å². The first-order valence-electron chi connectivity index (χ1n) is 11.5. The number of benzene rings is 2. The van der Waals surface area contributed by atoms with Crippen molar-refractivity contribution in [2.24, 2.45) is 0 Å². The maximum atomic E-state index is 14.6. The summed E-state index contributed by atoms with van der Waals surface area (Å²) in [6.45, 7) is 5.57. The number of ether oxygens (including phenoxy) is 2. The number of nitrogens with zero attached hydrogens (tertiary/aromatic N) is 5. The van der Waals surface area contributed by atoms with E-state index in [1.807, 2.05) is 48.0 Å². The molecular formula is C25H24FN7O2. The Morgan fingerprint density at radius 2 is 2.09 bits per heavy atom. The summed E-state index contributed by atoms with van der Waals surface area (Å²) >= 11 is 0. The van der Waals surface area contributed by atoms with Gasteiger partial charge in [-0.1, -0.05) is 0 Å². The van der Waals surface area contributed by atoms with Crippen LogP contribution in [0.5, 0.6) is 5.75 Å². The molecule has 1 aliphatic heterocycles. The second kappa shape index (κ2) is 8.88. The fraction of sp³-hybridized carbons (Fsp3) is 0.240. The Morgan fingerprint density at radius 3 is 2.94 bits per heavy atom. The lowest BCUT2D eigenvalue weighted by Gasteiger charge is -2.30. The van der Waals surface area contributed by atoms with Crippen LogP contribution in [0.15, 0.2) is 55.1 Å². The third kappa shape index (κ3) is 4.01. The van der Waals surface area contributed by atoms with Gasteiger partial charge < -0.3 is 24.1 Å². The smallest absolute Gasteiger partial charge is 0.180 e. The molecule has 6 rings (SSSR count). The van der Waals surface area contributed by atoms with Gasteiger partial charge in [0.15, 0.2) is 11.5 Å². The van der Waals surface area contributed by atoms with Gasteiger partial charge in [-0.3, -0.25) is 5.10 Å². The van der Waals surface area contributed by atoms with Crippen LogP contribution in [-0.4, -0.2) is 57.5 Å². The highest BCUT2D eigenvalue weighted by atomic mass is 19.1. The first kappa shape index (κ1) is 21.4. The quantitative estimate of drug-likeness (QED) is 0.378. The molecule has 35 heavy (non-hydrogen) atoms. The van der Waals surface area contributed by atoms with Gasteiger partial charge in [0.1, 0.15) is 11.6 Å². The van der Waals surface area contributed by atoms with Crippen molar-refractivity contribution in [1.29, 1.82) is 0 Å². The average Bonchev–Trinajstić information content (AvgIpc) is 3.55. The standard InChI is InChI=1S/C25H24FN7O2/c1-2-35-23-13-17(3-4-22(23)32-7-9-34-10-8-32)29-24-25-27-5-6-33(25)15-21(30-24)16-11-19(26)18-14-28-31-20(18)12-16/h3-6,11-15H,2,7-10H2,1H3,(H,28,31)(H,29,30). The van der Waals surface area contributed by atoms with E-state index in [2.05, 4.69) is 25.4 Å². The topological polar surface area (TPSA) is 92.6 Å². The molecule has 1 saturated heterocycles. The Morgan fingerprint density at radius 1 is 1.20 bits per heavy atom. The second-order valence-electron chi connectivity index (χ2n) is 8.26. The van der Waals surface area contributed by atoms with Crippen LogP contribution in [0.25, 0.3) is 27.8 Å². The van der Waals surface area contributed by atoms with Crippen molar-refractivity contribution in [3.63, 3.8) is 0 Å². The van der Waals surface area contributed by atoms with Gasteiger partial charge in [0.2, 0.25) is 0 Å². The Hall–Kier alpha value is -4.18. The zero-order valence-corrected chi connectivity index (χ0v) is 19.2. The Labute approximate surface area is 200 Å². The number of aromatic amines is 1. The number of nitrogens with one attached hydrogen (secondary N) is 2. The van der Waals surface area contributed by atoms with Crippen molar-refractivity contribution >= 4 is 33.7 Å². The predicted octanol–water partition coefficient (Wildman–Crippen LogP) is 4.39. The van der Waals surface area contributed by atoms with E-state index in [1.54, 1.807) is 6.20 Å². The zero-order chi connectivity index (χ0) is 23.8. The average molecular weight is 474 g/mol. The number of H-pyrrole nitrogens is 1. The van der Waals surface area contributed by atoms with E-state index in [-0.39, 0.29) is 5.82 Å². The van der Waals surface area contributed by atoms with Crippen LogP contribution >= 0.6 is 0 Å². The number of rotatable bonds is 6. The summed E-state index contributed by atoms with van der Waals surface area (Å²) in [6, 6.07) is 9.32. The fourth-order valence-corrected chi connectivity index (χ4v) is 4.38. The van der Waals surface area contributed by atoms with E-state index in [1.165, 1.54) is 12.3 Å². The minimum atomic E-state index is -0.353. The van der Waals surface area contributed by atoms with Crippen LogP contribution in [0.3, 0.4) is 0 Å². The van der Waals surface area contributed by atoms with Gasteiger partial charge in [-0.2, -0.15) is 5.10 Å². The molecule has 1 aliphatic rings. The highest BCUT2D eigenvalue weighted by molar-refractivity contribution is 5.84. The predicted molar refractivity (Wildman–Crippen MR) is 132 cm³/mol. The van der Waals surface area contributed by atoms with Crippen molar-refractivity contribution in [1.82, 2.24) is 24.6 Å². The highest BCUT2D eigenvalue weighted by Crippen LogP contribution is 2.34. The number of anilines is 3. The summed E-state index contributed by atoms with van der Waals surface area (Å²) in [7, 11) is 0. The molecule has 5 aromatic rings. The van der Waals surface area contributed by atoms with Crippen LogP contribution in [0.2, 0.25) is 0 Å². The van der Waals surface area contributed by atoms with Gasteiger partial charge in [0.05, 0.1) is 48.3 Å². The molecule has 0 amide bonds. The number of imidazole rings is 1. The molecular weight excluding hydrogens is 449 g/mol. The Balaban J connectivity index is 1.38. The molecule has 0 atom stereocenters. The van der Waals surface area contributed by atoms with Crippen LogP contribution < -0.4 is 15.0 Å². The lowest BCUT2D eigenvalue weighted by molar-refractivity contribution is 0.122. The number of hydrogen-bond donors (Lipinski definition) is 2. The third-order valence-electron chi connectivity index (χ3n) is 6.05. The Kier molecular flexibility index (Phi) is 5.42. The number of morpholine rings is 1. The minimum absolute atomic E-state index is 0.353. The normalized spacial score (nSPS) is 14.1. The van der Waals surface area contributed by atoms with E-state index in [9.17, 15) is 4.39 Å². The molecule has 2 N–H and O–H groups in total.